The van der Waals surface area contributed by atoms with Crippen LogP contribution in [0.1, 0.15) is 31.2 Å². The summed E-state index contributed by atoms with van der Waals surface area (Å²) >= 11 is 0. The molecule has 0 aliphatic carbocycles. The van der Waals surface area contributed by atoms with Crippen LogP contribution < -0.4 is 11.1 Å². The Kier molecular flexibility index (Phi) is 3.42. The van der Waals surface area contributed by atoms with Gasteiger partial charge in [-0.25, -0.2) is 0 Å². The van der Waals surface area contributed by atoms with Crippen molar-refractivity contribution in [2.45, 2.75) is 44.2 Å². The molecule has 0 saturated carbocycles. The summed E-state index contributed by atoms with van der Waals surface area (Å²) in [6.07, 6.45) is 4.05. The molecule has 2 fully saturated rings. The van der Waals surface area contributed by atoms with Gasteiger partial charge >= 0.3 is 0 Å². The highest BCUT2D eigenvalue weighted by atomic mass is 16.1. The molecule has 1 aromatic carbocycles. The van der Waals surface area contributed by atoms with E-state index in [1.807, 2.05) is 12.1 Å². The maximum atomic E-state index is 12.1. The van der Waals surface area contributed by atoms with Crippen LogP contribution in [0.2, 0.25) is 0 Å². The molecule has 4 nitrogen and oxygen atoms in total. The van der Waals surface area contributed by atoms with Gasteiger partial charge in [0.1, 0.15) is 5.54 Å². The van der Waals surface area contributed by atoms with Gasteiger partial charge < -0.3 is 16.0 Å². The molecule has 0 radical (unpaired) electrons. The molecule has 20 heavy (non-hydrogen) atoms. The van der Waals surface area contributed by atoms with Gasteiger partial charge in [-0.05, 0) is 51.3 Å². The lowest BCUT2D eigenvalue weighted by Crippen LogP contribution is -2.59. The first-order valence-corrected chi connectivity index (χ1v) is 7.48. The summed E-state index contributed by atoms with van der Waals surface area (Å²) < 4.78 is 0. The van der Waals surface area contributed by atoms with Gasteiger partial charge in [0.25, 0.3) is 0 Å². The van der Waals surface area contributed by atoms with Gasteiger partial charge in [-0.15, -0.1) is 0 Å². The summed E-state index contributed by atoms with van der Waals surface area (Å²) in [6, 6.07) is 8.68. The van der Waals surface area contributed by atoms with Gasteiger partial charge in [0.15, 0.2) is 0 Å². The topological polar surface area (TPSA) is 58.4 Å². The van der Waals surface area contributed by atoms with E-state index >= 15 is 0 Å². The zero-order valence-corrected chi connectivity index (χ0v) is 12.1. The Labute approximate surface area is 120 Å². The first kappa shape index (κ1) is 13.4. The molecule has 2 saturated heterocycles. The first-order chi connectivity index (χ1) is 9.59. The monoisotopic (exact) mass is 273 g/mol. The van der Waals surface area contributed by atoms with Crippen molar-refractivity contribution in [3.05, 3.63) is 29.8 Å². The Bertz CT molecular complexity index is 499. The van der Waals surface area contributed by atoms with Gasteiger partial charge in [-0.1, -0.05) is 17.7 Å². The van der Waals surface area contributed by atoms with E-state index in [1.165, 1.54) is 24.9 Å². The zero-order valence-electron chi connectivity index (χ0n) is 12.1. The molecule has 0 bridgehead atoms. The van der Waals surface area contributed by atoms with E-state index in [9.17, 15) is 4.79 Å². The minimum absolute atomic E-state index is 0.218. The van der Waals surface area contributed by atoms with Crippen molar-refractivity contribution in [3.8, 4) is 0 Å². The Hall–Kier alpha value is -1.55. The lowest BCUT2D eigenvalue weighted by Gasteiger charge is -2.43. The molecule has 2 aliphatic heterocycles. The fourth-order valence-corrected chi connectivity index (χ4v) is 3.57. The number of carbonyl (C=O) groups excluding carboxylic acids is 1. The lowest BCUT2D eigenvalue weighted by molar-refractivity contribution is -0.124. The normalized spacial score (nSPS) is 29.9. The number of aryl methyl sites for hydroxylation is 1. The second-order valence-corrected chi connectivity index (χ2v) is 6.22. The zero-order chi connectivity index (χ0) is 14.2. The van der Waals surface area contributed by atoms with E-state index in [2.05, 4.69) is 29.3 Å². The molecule has 108 valence electrons. The minimum atomic E-state index is -0.583. The van der Waals surface area contributed by atoms with Crippen molar-refractivity contribution >= 4 is 11.6 Å². The third kappa shape index (κ3) is 2.40. The number of rotatable bonds is 3. The molecule has 0 aromatic heterocycles. The Morgan fingerprint density at radius 3 is 2.80 bits per heavy atom. The van der Waals surface area contributed by atoms with Crippen molar-refractivity contribution in [2.75, 3.05) is 18.4 Å². The van der Waals surface area contributed by atoms with E-state index in [4.69, 9.17) is 5.73 Å². The molecule has 1 amide bonds. The van der Waals surface area contributed by atoms with Crippen molar-refractivity contribution in [1.82, 2.24) is 4.90 Å². The Morgan fingerprint density at radius 2 is 2.10 bits per heavy atom. The molecule has 4 heteroatoms. The lowest BCUT2D eigenvalue weighted by atomic mass is 9.82. The number of amides is 1. The Balaban J connectivity index is 1.81. The number of nitrogens with zero attached hydrogens (tertiary/aromatic N) is 1. The number of nitrogens with one attached hydrogen (secondary N) is 1. The van der Waals surface area contributed by atoms with Crippen LogP contribution in [0.5, 0.6) is 0 Å². The van der Waals surface area contributed by atoms with E-state index in [0.29, 0.717) is 6.04 Å². The average molecular weight is 273 g/mol. The summed E-state index contributed by atoms with van der Waals surface area (Å²) in [5.74, 6) is -0.218. The molecular weight excluding hydrogens is 250 g/mol. The highest BCUT2D eigenvalue weighted by Gasteiger charge is 2.45. The molecule has 2 atom stereocenters. The van der Waals surface area contributed by atoms with Crippen LogP contribution in [0.4, 0.5) is 5.69 Å². The SMILES string of the molecule is Cc1ccc(NC2(C(N)=O)CCN3CCCC3C2)cc1. The second kappa shape index (κ2) is 5.09. The van der Waals surface area contributed by atoms with Crippen molar-refractivity contribution < 1.29 is 4.79 Å². The summed E-state index contributed by atoms with van der Waals surface area (Å²) in [5, 5.41) is 3.43. The van der Waals surface area contributed by atoms with E-state index in [1.54, 1.807) is 0 Å². The third-order valence-corrected chi connectivity index (χ3v) is 4.82. The second-order valence-electron chi connectivity index (χ2n) is 6.22. The van der Waals surface area contributed by atoms with Crippen molar-refractivity contribution in [1.29, 1.82) is 0 Å². The van der Waals surface area contributed by atoms with Gasteiger partial charge in [-0.2, -0.15) is 0 Å². The molecule has 2 heterocycles. The number of fused-ring (bicyclic) bond motifs is 1. The number of hydrogen-bond donors (Lipinski definition) is 2. The highest BCUT2D eigenvalue weighted by molar-refractivity contribution is 5.88. The predicted molar refractivity (Wildman–Crippen MR) is 80.6 cm³/mol. The van der Waals surface area contributed by atoms with Crippen LogP contribution >= 0.6 is 0 Å². The maximum Gasteiger partial charge on any atom is 0.243 e. The molecule has 3 N–H and O–H groups in total. The average Bonchev–Trinajstić information content (AvgIpc) is 2.88. The van der Waals surface area contributed by atoms with Gasteiger partial charge in [0, 0.05) is 18.3 Å². The molecule has 1 aromatic rings. The van der Waals surface area contributed by atoms with Crippen molar-refractivity contribution in [3.63, 3.8) is 0 Å². The van der Waals surface area contributed by atoms with Crippen molar-refractivity contribution in [2.24, 2.45) is 5.73 Å². The van der Waals surface area contributed by atoms with Crippen LogP contribution in [0, 0.1) is 6.92 Å². The quantitative estimate of drug-likeness (QED) is 0.884. The largest absolute Gasteiger partial charge is 0.371 e. The standard InChI is InChI=1S/C16H23N3O/c1-12-4-6-13(7-5-12)18-16(15(17)20)8-10-19-9-2-3-14(19)11-16/h4-7,14,18H,2-3,8-11H2,1H3,(H2,17,20). The first-order valence-electron chi connectivity index (χ1n) is 7.48. The van der Waals surface area contributed by atoms with Crippen LogP contribution in [0.15, 0.2) is 24.3 Å². The summed E-state index contributed by atoms with van der Waals surface area (Å²) in [6.45, 7) is 4.20. The fourth-order valence-electron chi connectivity index (χ4n) is 3.57. The van der Waals surface area contributed by atoms with E-state index < -0.39 is 5.54 Å². The molecule has 2 unspecified atom stereocenters. The summed E-state index contributed by atoms with van der Waals surface area (Å²) in [4.78, 5) is 14.6. The van der Waals surface area contributed by atoms with Gasteiger partial charge in [0.2, 0.25) is 5.91 Å². The number of nitrogens with two attached hydrogens (primary N) is 1. The third-order valence-electron chi connectivity index (χ3n) is 4.82. The number of anilines is 1. The van der Waals surface area contributed by atoms with E-state index in [-0.39, 0.29) is 5.91 Å². The summed E-state index contributed by atoms with van der Waals surface area (Å²) in [7, 11) is 0. The fraction of sp³-hybridized carbons (Fsp3) is 0.562. The summed E-state index contributed by atoms with van der Waals surface area (Å²) in [5.41, 5.74) is 7.36. The molecule has 2 aliphatic rings. The Morgan fingerprint density at radius 1 is 1.35 bits per heavy atom. The number of carbonyl (C=O) groups is 1. The van der Waals surface area contributed by atoms with Crippen LogP contribution in [0.25, 0.3) is 0 Å². The number of primary amides is 1. The van der Waals surface area contributed by atoms with Gasteiger partial charge in [-0.3, -0.25) is 4.79 Å². The number of piperidine rings is 1. The smallest absolute Gasteiger partial charge is 0.243 e. The van der Waals surface area contributed by atoms with Gasteiger partial charge in [0.05, 0.1) is 0 Å². The molecule has 3 rings (SSSR count). The predicted octanol–water partition coefficient (Wildman–Crippen LogP) is 1.89. The molecule has 0 spiro atoms. The van der Waals surface area contributed by atoms with Crippen LogP contribution in [-0.2, 0) is 4.79 Å². The highest BCUT2D eigenvalue weighted by Crippen LogP contribution is 2.35. The number of benzene rings is 1. The maximum absolute atomic E-state index is 12.1. The van der Waals surface area contributed by atoms with Crippen LogP contribution in [0.3, 0.4) is 0 Å². The molecular formula is C16H23N3O. The minimum Gasteiger partial charge on any atom is -0.371 e. The van der Waals surface area contributed by atoms with Crippen LogP contribution in [-0.4, -0.2) is 35.5 Å². The number of hydrogen-bond acceptors (Lipinski definition) is 3. The van der Waals surface area contributed by atoms with E-state index in [0.717, 1.165) is 25.1 Å².